The summed E-state index contributed by atoms with van der Waals surface area (Å²) >= 11 is 0. The molecule has 1 heterocycles. The highest BCUT2D eigenvalue weighted by molar-refractivity contribution is 5.77. The molecule has 2 aromatic rings. The second-order valence-corrected chi connectivity index (χ2v) is 7.66. The zero-order valence-corrected chi connectivity index (χ0v) is 17.4. The second kappa shape index (κ2) is 9.63. The molecule has 1 amide bonds. The Morgan fingerprint density at radius 3 is 2.33 bits per heavy atom. The van der Waals surface area contributed by atoms with E-state index in [2.05, 4.69) is 0 Å². The molecule has 1 fully saturated rings. The number of carbonyl (C=O) groups is 2. The van der Waals surface area contributed by atoms with E-state index in [1.807, 2.05) is 44.2 Å². The van der Waals surface area contributed by atoms with Crippen LogP contribution in [0.1, 0.15) is 37.6 Å². The number of benzene rings is 2. The molecule has 7 heteroatoms. The zero-order valence-electron chi connectivity index (χ0n) is 17.4. The number of amides is 1. The number of carboxylic acid groups (broad SMARTS) is 1. The molecule has 2 aromatic carbocycles. The van der Waals surface area contributed by atoms with Gasteiger partial charge in [-0.05, 0) is 30.0 Å². The van der Waals surface area contributed by atoms with Crippen LogP contribution in [0.4, 0.5) is 4.79 Å². The van der Waals surface area contributed by atoms with Gasteiger partial charge in [-0.2, -0.15) is 0 Å². The third-order valence-electron chi connectivity index (χ3n) is 5.01. The molecule has 1 saturated heterocycles. The number of aliphatic carboxylic acids is 1. The standard InChI is InChI=1S/C23H27NO6/c1-15(2)13-19-20(22(25)26)30-21(17-9-11-18(28-3)12-10-17)24(19)23(27)29-14-16-7-5-4-6-8-16/h4-12,15,19-21H,13-14H2,1-3H3,(H,25,26)/t19-,20+,21?/m0/s1. The van der Waals surface area contributed by atoms with Gasteiger partial charge in [0.25, 0.3) is 0 Å². The lowest BCUT2D eigenvalue weighted by molar-refractivity contribution is -0.150. The van der Waals surface area contributed by atoms with Crippen LogP contribution >= 0.6 is 0 Å². The molecule has 0 radical (unpaired) electrons. The van der Waals surface area contributed by atoms with Crippen molar-refractivity contribution in [1.29, 1.82) is 0 Å². The molecule has 1 N–H and O–H groups in total. The molecule has 0 spiro atoms. The van der Waals surface area contributed by atoms with Gasteiger partial charge in [0.15, 0.2) is 12.3 Å². The summed E-state index contributed by atoms with van der Waals surface area (Å²) in [5.41, 5.74) is 1.51. The SMILES string of the molecule is COc1ccc(C2O[C@@H](C(=O)O)[C@H](CC(C)C)N2C(=O)OCc2ccccc2)cc1. The minimum Gasteiger partial charge on any atom is -0.497 e. The van der Waals surface area contributed by atoms with Gasteiger partial charge in [-0.25, -0.2) is 9.59 Å². The number of methoxy groups -OCH3 is 1. The monoisotopic (exact) mass is 413 g/mol. The van der Waals surface area contributed by atoms with Crippen molar-refractivity contribution in [3.8, 4) is 5.75 Å². The van der Waals surface area contributed by atoms with Crippen LogP contribution < -0.4 is 4.74 Å². The van der Waals surface area contributed by atoms with E-state index >= 15 is 0 Å². The average molecular weight is 413 g/mol. The predicted octanol–water partition coefficient (Wildman–Crippen LogP) is 4.23. The number of carbonyl (C=O) groups excluding carboxylic acids is 1. The summed E-state index contributed by atoms with van der Waals surface area (Å²) in [6.07, 6.45) is -2.12. The van der Waals surface area contributed by atoms with E-state index in [4.69, 9.17) is 14.2 Å². The Hall–Kier alpha value is -3.06. The number of ether oxygens (including phenoxy) is 3. The Bertz CT molecular complexity index is 852. The van der Waals surface area contributed by atoms with Gasteiger partial charge in [-0.3, -0.25) is 4.90 Å². The number of hydrogen-bond donors (Lipinski definition) is 1. The lowest BCUT2D eigenvalue weighted by Gasteiger charge is -2.29. The van der Waals surface area contributed by atoms with Crippen molar-refractivity contribution < 1.29 is 28.9 Å². The molecular weight excluding hydrogens is 386 g/mol. The Kier molecular flexibility index (Phi) is 6.95. The minimum absolute atomic E-state index is 0.0949. The Balaban J connectivity index is 1.89. The summed E-state index contributed by atoms with van der Waals surface area (Å²) in [5, 5.41) is 9.73. The van der Waals surface area contributed by atoms with Crippen LogP contribution in [0.25, 0.3) is 0 Å². The van der Waals surface area contributed by atoms with Gasteiger partial charge in [-0.15, -0.1) is 0 Å². The number of nitrogens with zero attached hydrogens (tertiary/aromatic N) is 1. The van der Waals surface area contributed by atoms with Crippen molar-refractivity contribution in [2.75, 3.05) is 7.11 Å². The third-order valence-corrected chi connectivity index (χ3v) is 5.01. The predicted molar refractivity (Wildman–Crippen MR) is 110 cm³/mol. The fourth-order valence-electron chi connectivity index (χ4n) is 3.59. The van der Waals surface area contributed by atoms with Crippen LogP contribution in [0.15, 0.2) is 54.6 Å². The summed E-state index contributed by atoms with van der Waals surface area (Å²) in [6.45, 7) is 4.05. The first kappa shape index (κ1) is 21.6. The van der Waals surface area contributed by atoms with Crippen LogP contribution in [0.5, 0.6) is 5.75 Å². The maximum Gasteiger partial charge on any atom is 0.412 e. The summed E-state index contributed by atoms with van der Waals surface area (Å²) in [5.74, 6) is -0.277. The fourth-order valence-corrected chi connectivity index (χ4v) is 3.59. The van der Waals surface area contributed by atoms with E-state index in [0.717, 1.165) is 5.56 Å². The molecule has 0 bridgehead atoms. The van der Waals surface area contributed by atoms with Crippen LogP contribution in [-0.2, 0) is 20.9 Å². The lowest BCUT2D eigenvalue weighted by atomic mass is 9.98. The zero-order chi connectivity index (χ0) is 21.7. The first-order valence-corrected chi connectivity index (χ1v) is 9.92. The van der Waals surface area contributed by atoms with Gasteiger partial charge in [0, 0.05) is 5.56 Å². The Morgan fingerprint density at radius 1 is 1.10 bits per heavy atom. The molecule has 1 aliphatic rings. The molecule has 3 rings (SSSR count). The van der Waals surface area contributed by atoms with Gasteiger partial charge in [0.05, 0.1) is 13.2 Å². The number of carboxylic acids is 1. The van der Waals surface area contributed by atoms with Crippen molar-refractivity contribution in [2.45, 2.75) is 45.2 Å². The maximum atomic E-state index is 13.1. The molecule has 0 aliphatic carbocycles. The van der Waals surface area contributed by atoms with Gasteiger partial charge >= 0.3 is 12.1 Å². The van der Waals surface area contributed by atoms with Crippen LogP contribution in [0.3, 0.4) is 0 Å². The molecule has 0 saturated carbocycles. The van der Waals surface area contributed by atoms with Crippen molar-refractivity contribution in [3.63, 3.8) is 0 Å². The summed E-state index contributed by atoms with van der Waals surface area (Å²) in [6, 6.07) is 15.7. The smallest absolute Gasteiger partial charge is 0.412 e. The van der Waals surface area contributed by atoms with Gasteiger partial charge in [-0.1, -0.05) is 56.3 Å². The van der Waals surface area contributed by atoms with Gasteiger partial charge in [0.1, 0.15) is 12.4 Å². The fraction of sp³-hybridized carbons (Fsp3) is 0.391. The summed E-state index contributed by atoms with van der Waals surface area (Å²) < 4.78 is 16.6. The quantitative estimate of drug-likeness (QED) is 0.731. The van der Waals surface area contributed by atoms with Crippen molar-refractivity contribution in [2.24, 2.45) is 5.92 Å². The van der Waals surface area contributed by atoms with Crippen molar-refractivity contribution >= 4 is 12.1 Å². The molecule has 1 unspecified atom stereocenters. The topological polar surface area (TPSA) is 85.3 Å². The molecule has 7 nitrogen and oxygen atoms in total. The van der Waals surface area contributed by atoms with Gasteiger partial charge in [0.2, 0.25) is 0 Å². The van der Waals surface area contributed by atoms with E-state index in [1.165, 1.54) is 4.90 Å². The molecular formula is C23H27NO6. The first-order chi connectivity index (χ1) is 14.4. The average Bonchev–Trinajstić information content (AvgIpc) is 3.11. The summed E-state index contributed by atoms with van der Waals surface area (Å²) in [7, 11) is 1.56. The molecule has 1 aliphatic heterocycles. The minimum atomic E-state index is -1.14. The van der Waals surface area contributed by atoms with Crippen LogP contribution in [-0.4, -0.2) is 41.3 Å². The van der Waals surface area contributed by atoms with E-state index in [1.54, 1.807) is 31.4 Å². The van der Waals surface area contributed by atoms with Crippen molar-refractivity contribution in [3.05, 3.63) is 65.7 Å². The largest absolute Gasteiger partial charge is 0.497 e. The highest BCUT2D eigenvalue weighted by atomic mass is 16.6. The van der Waals surface area contributed by atoms with E-state index in [0.29, 0.717) is 17.7 Å². The number of rotatable bonds is 7. The molecule has 30 heavy (non-hydrogen) atoms. The van der Waals surface area contributed by atoms with Crippen molar-refractivity contribution in [1.82, 2.24) is 4.90 Å². The molecule has 0 aromatic heterocycles. The Labute approximate surface area is 176 Å². The third kappa shape index (κ3) is 4.91. The first-order valence-electron chi connectivity index (χ1n) is 9.92. The highest BCUT2D eigenvalue weighted by Crippen LogP contribution is 2.38. The van der Waals surface area contributed by atoms with Crippen LogP contribution in [0, 0.1) is 5.92 Å². The van der Waals surface area contributed by atoms with E-state index in [9.17, 15) is 14.7 Å². The second-order valence-electron chi connectivity index (χ2n) is 7.66. The molecule has 3 atom stereocenters. The Morgan fingerprint density at radius 2 is 1.77 bits per heavy atom. The van der Waals surface area contributed by atoms with Crippen LogP contribution in [0.2, 0.25) is 0 Å². The van der Waals surface area contributed by atoms with E-state index < -0.39 is 30.4 Å². The van der Waals surface area contributed by atoms with Gasteiger partial charge < -0.3 is 19.3 Å². The number of hydrogen-bond acceptors (Lipinski definition) is 5. The van der Waals surface area contributed by atoms with E-state index in [-0.39, 0.29) is 12.5 Å². The highest BCUT2D eigenvalue weighted by Gasteiger charge is 2.49. The normalized spacial score (nSPS) is 20.9. The lowest BCUT2D eigenvalue weighted by Crippen LogP contribution is -2.44. The molecule has 160 valence electrons. The maximum absolute atomic E-state index is 13.1. The summed E-state index contributed by atoms with van der Waals surface area (Å²) in [4.78, 5) is 26.4.